The molecule has 1 aliphatic heterocycles. The average molecular weight is 246 g/mol. The van der Waals surface area contributed by atoms with Crippen molar-refractivity contribution < 1.29 is 28.9 Å². The van der Waals surface area contributed by atoms with E-state index in [4.69, 9.17) is 14.2 Å². The molecule has 0 aromatic rings. The second-order valence-electron chi connectivity index (χ2n) is 4.01. The van der Waals surface area contributed by atoms with Gasteiger partial charge in [-0.2, -0.15) is 0 Å². The molecular formula is C11H18O6. The van der Waals surface area contributed by atoms with E-state index in [2.05, 4.69) is 0 Å². The van der Waals surface area contributed by atoms with Gasteiger partial charge in [0, 0.05) is 20.3 Å². The van der Waals surface area contributed by atoms with Crippen LogP contribution in [0, 0.1) is 0 Å². The van der Waals surface area contributed by atoms with E-state index in [0.717, 1.165) is 0 Å². The molecule has 1 unspecified atom stereocenters. The molecule has 4 atom stereocenters. The van der Waals surface area contributed by atoms with Gasteiger partial charge in [0.05, 0.1) is 12.2 Å². The zero-order valence-electron chi connectivity index (χ0n) is 10.2. The highest BCUT2D eigenvalue weighted by Gasteiger charge is 2.42. The summed E-state index contributed by atoms with van der Waals surface area (Å²) in [5, 5.41) is 9.66. The lowest BCUT2D eigenvalue weighted by Crippen LogP contribution is -2.30. The summed E-state index contributed by atoms with van der Waals surface area (Å²) >= 11 is 0. The molecule has 0 aromatic heterocycles. The van der Waals surface area contributed by atoms with Gasteiger partial charge in [0.15, 0.2) is 6.10 Å². The predicted molar refractivity (Wildman–Crippen MR) is 56.9 cm³/mol. The second-order valence-corrected chi connectivity index (χ2v) is 4.01. The molecule has 6 heteroatoms. The van der Waals surface area contributed by atoms with Crippen LogP contribution >= 0.6 is 0 Å². The van der Waals surface area contributed by atoms with Crippen molar-refractivity contribution in [2.75, 3.05) is 0 Å². The van der Waals surface area contributed by atoms with Crippen molar-refractivity contribution >= 4 is 11.9 Å². The van der Waals surface area contributed by atoms with E-state index in [-0.39, 0.29) is 0 Å². The molecule has 0 saturated carbocycles. The summed E-state index contributed by atoms with van der Waals surface area (Å²) in [4.78, 5) is 21.8. The maximum Gasteiger partial charge on any atom is 0.305 e. The van der Waals surface area contributed by atoms with Crippen molar-refractivity contribution in [3.63, 3.8) is 0 Å². The fraction of sp³-hybridized carbons (Fsp3) is 0.818. The quantitative estimate of drug-likeness (QED) is 0.721. The highest BCUT2D eigenvalue weighted by molar-refractivity contribution is 5.67. The number of carbonyl (C=O) groups excluding carboxylic acids is 2. The number of esters is 2. The summed E-state index contributed by atoms with van der Waals surface area (Å²) in [6.07, 6.45) is -1.87. The molecule has 0 aliphatic carbocycles. The van der Waals surface area contributed by atoms with E-state index < -0.39 is 36.5 Å². The summed E-state index contributed by atoms with van der Waals surface area (Å²) in [7, 11) is 0. The predicted octanol–water partition coefficient (Wildman–Crippen LogP) is 0.367. The van der Waals surface area contributed by atoms with Crippen molar-refractivity contribution in [2.45, 2.75) is 58.2 Å². The first-order chi connectivity index (χ1) is 7.93. The summed E-state index contributed by atoms with van der Waals surface area (Å²) in [5.74, 6) is -0.985. The van der Waals surface area contributed by atoms with Crippen LogP contribution in [0.15, 0.2) is 0 Å². The first-order valence-corrected chi connectivity index (χ1v) is 5.62. The van der Waals surface area contributed by atoms with E-state index in [1.54, 1.807) is 0 Å². The molecule has 0 radical (unpaired) electrons. The molecular weight excluding hydrogens is 228 g/mol. The third kappa shape index (κ3) is 3.98. The van der Waals surface area contributed by atoms with Gasteiger partial charge in [0.2, 0.25) is 6.29 Å². The molecule has 1 N–H and O–H groups in total. The van der Waals surface area contributed by atoms with Crippen LogP contribution in [-0.4, -0.2) is 41.6 Å². The number of hydrogen-bond acceptors (Lipinski definition) is 6. The molecule has 0 amide bonds. The van der Waals surface area contributed by atoms with Crippen molar-refractivity contribution in [3.8, 4) is 0 Å². The fourth-order valence-electron chi connectivity index (χ4n) is 1.75. The topological polar surface area (TPSA) is 82.1 Å². The van der Waals surface area contributed by atoms with Crippen LogP contribution in [0.2, 0.25) is 0 Å². The van der Waals surface area contributed by atoms with E-state index in [9.17, 15) is 14.7 Å². The van der Waals surface area contributed by atoms with Crippen LogP contribution in [0.3, 0.4) is 0 Å². The Hall–Kier alpha value is -1.14. The van der Waals surface area contributed by atoms with Gasteiger partial charge < -0.3 is 19.3 Å². The normalized spacial score (nSPS) is 29.8. The lowest BCUT2D eigenvalue weighted by Gasteiger charge is -2.18. The number of rotatable bonds is 4. The summed E-state index contributed by atoms with van der Waals surface area (Å²) in [6, 6.07) is 0. The zero-order chi connectivity index (χ0) is 13.0. The van der Waals surface area contributed by atoms with E-state index in [0.29, 0.717) is 12.8 Å². The average Bonchev–Trinajstić information content (AvgIpc) is 2.58. The maximum absolute atomic E-state index is 10.9. The monoisotopic (exact) mass is 246 g/mol. The van der Waals surface area contributed by atoms with E-state index >= 15 is 0 Å². The highest BCUT2D eigenvalue weighted by atomic mass is 16.7. The minimum Gasteiger partial charge on any atom is -0.456 e. The molecule has 0 spiro atoms. The lowest BCUT2D eigenvalue weighted by atomic mass is 10.1. The summed E-state index contributed by atoms with van der Waals surface area (Å²) < 4.78 is 15.3. The van der Waals surface area contributed by atoms with Gasteiger partial charge in [-0.05, 0) is 6.42 Å². The van der Waals surface area contributed by atoms with Crippen LogP contribution in [0.25, 0.3) is 0 Å². The number of ether oxygens (including phenoxy) is 3. The van der Waals surface area contributed by atoms with Crippen molar-refractivity contribution in [2.24, 2.45) is 0 Å². The molecule has 98 valence electrons. The van der Waals surface area contributed by atoms with Crippen LogP contribution in [0.5, 0.6) is 0 Å². The first kappa shape index (κ1) is 13.9. The van der Waals surface area contributed by atoms with Gasteiger partial charge in [0.25, 0.3) is 0 Å². The van der Waals surface area contributed by atoms with Gasteiger partial charge in [-0.15, -0.1) is 0 Å². The smallest absolute Gasteiger partial charge is 0.305 e. The molecule has 17 heavy (non-hydrogen) atoms. The standard InChI is InChI=1S/C11H18O6/c1-4-8(14)9-5-10(15-6(2)12)11(17-9)16-7(3)13/h8-11,14H,4-5H2,1-3H3/t8-,9-,10+,11?/m0/s1. The highest BCUT2D eigenvalue weighted by Crippen LogP contribution is 2.27. The van der Waals surface area contributed by atoms with Crippen molar-refractivity contribution in [1.29, 1.82) is 0 Å². The first-order valence-electron chi connectivity index (χ1n) is 5.62. The Kier molecular flexibility index (Phi) is 4.89. The molecule has 6 nitrogen and oxygen atoms in total. The van der Waals surface area contributed by atoms with E-state index in [1.165, 1.54) is 13.8 Å². The molecule has 1 heterocycles. The third-order valence-electron chi connectivity index (χ3n) is 2.52. The second kappa shape index (κ2) is 5.97. The molecule has 0 bridgehead atoms. The number of carbonyl (C=O) groups is 2. The number of aliphatic hydroxyl groups excluding tert-OH is 1. The van der Waals surface area contributed by atoms with Gasteiger partial charge in [-0.3, -0.25) is 9.59 Å². The summed E-state index contributed by atoms with van der Waals surface area (Å²) in [6.45, 7) is 4.33. The zero-order valence-corrected chi connectivity index (χ0v) is 10.2. The van der Waals surface area contributed by atoms with Gasteiger partial charge in [-0.25, -0.2) is 0 Å². The Bertz CT molecular complexity index is 266. The molecule has 1 fully saturated rings. The molecule has 1 aliphatic rings. The minimum atomic E-state index is -0.928. The minimum absolute atomic E-state index is 0.326. The van der Waals surface area contributed by atoms with E-state index in [1.807, 2.05) is 6.92 Å². The van der Waals surface area contributed by atoms with Crippen LogP contribution in [-0.2, 0) is 23.8 Å². The Morgan fingerprint density at radius 2 is 1.94 bits per heavy atom. The third-order valence-corrected chi connectivity index (χ3v) is 2.52. The number of hydrogen-bond donors (Lipinski definition) is 1. The lowest BCUT2D eigenvalue weighted by molar-refractivity contribution is -0.198. The maximum atomic E-state index is 10.9. The Balaban J connectivity index is 2.64. The largest absolute Gasteiger partial charge is 0.456 e. The van der Waals surface area contributed by atoms with Crippen molar-refractivity contribution in [1.82, 2.24) is 0 Å². The van der Waals surface area contributed by atoms with Gasteiger partial charge in [-0.1, -0.05) is 6.92 Å². The Labute approximate surface area is 99.8 Å². The Morgan fingerprint density at radius 1 is 1.35 bits per heavy atom. The van der Waals surface area contributed by atoms with Crippen molar-refractivity contribution in [3.05, 3.63) is 0 Å². The van der Waals surface area contributed by atoms with Crippen LogP contribution in [0.4, 0.5) is 0 Å². The molecule has 1 rings (SSSR count). The fourth-order valence-corrected chi connectivity index (χ4v) is 1.75. The molecule has 0 aromatic carbocycles. The summed E-state index contributed by atoms with van der Waals surface area (Å²) in [5.41, 5.74) is 0. The SMILES string of the molecule is CC[C@H](O)[C@@H]1C[C@@H](OC(C)=O)C(OC(C)=O)O1. The number of aliphatic hydroxyl groups is 1. The molecule has 1 saturated heterocycles. The van der Waals surface area contributed by atoms with Crippen LogP contribution < -0.4 is 0 Å². The Morgan fingerprint density at radius 3 is 2.41 bits per heavy atom. The van der Waals surface area contributed by atoms with Crippen LogP contribution in [0.1, 0.15) is 33.6 Å². The van der Waals surface area contributed by atoms with Gasteiger partial charge in [0.1, 0.15) is 0 Å². The van der Waals surface area contributed by atoms with Gasteiger partial charge >= 0.3 is 11.9 Å².